The summed E-state index contributed by atoms with van der Waals surface area (Å²) < 4.78 is 42.9. The van der Waals surface area contributed by atoms with E-state index in [4.69, 9.17) is 11.6 Å². The van der Waals surface area contributed by atoms with Gasteiger partial charge in [0, 0.05) is 25.2 Å². The summed E-state index contributed by atoms with van der Waals surface area (Å²) in [5.74, 6) is -1.37. The van der Waals surface area contributed by atoms with Gasteiger partial charge in [0.25, 0.3) is 5.91 Å². The monoisotopic (exact) mass is 467 g/mol. The van der Waals surface area contributed by atoms with Crippen LogP contribution in [0.15, 0.2) is 52.4 Å². The van der Waals surface area contributed by atoms with E-state index in [2.05, 4.69) is 4.99 Å². The van der Waals surface area contributed by atoms with Crippen molar-refractivity contribution in [1.82, 2.24) is 8.87 Å². The lowest BCUT2D eigenvalue weighted by Crippen LogP contribution is -2.42. The molecule has 30 heavy (non-hydrogen) atoms. The van der Waals surface area contributed by atoms with E-state index in [0.717, 1.165) is 22.3 Å². The number of aromatic nitrogens is 1. The first kappa shape index (κ1) is 21.2. The minimum atomic E-state index is -3.80. The third-order valence-corrected chi connectivity index (χ3v) is 8.37. The Morgan fingerprint density at radius 3 is 2.70 bits per heavy atom. The summed E-state index contributed by atoms with van der Waals surface area (Å²) in [6.07, 6.45) is 1.12. The van der Waals surface area contributed by atoms with Crippen molar-refractivity contribution in [1.29, 1.82) is 0 Å². The predicted molar refractivity (Wildman–Crippen MR) is 114 cm³/mol. The first-order valence-corrected chi connectivity index (χ1v) is 12.0. The molecule has 0 aliphatic carbocycles. The lowest BCUT2D eigenvalue weighted by molar-refractivity contribution is -0.122. The second-order valence-corrected chi connectivity index (χ2v) is 10.5. The second kappa shape index (κ2) is 8.22. The molecule has 158 valence electrons. The number of hydrogen-bond donors (Lipinski definition) is 0. The van der Waals surface area contributed by atoms with E-state index < -0.39 is 21.8 Å². The molecule has 1 aromatic heterocycles. The van der Waals surface area contributed by atoms with E-state index in [1.54, 1.807) is 6.07 Å². The lowest BCUT2D eigenvalue weighted by Gasteiger charge is -2.30. The molecule has 2 aromatic carbocycles. The molecule has 0 spiro atoms. The number of sulfonamides is 1. The number of aryl methyl sites for hydroxylation is 1. The minimum absolute atomic E-state index is 0.0155. The summed E-state index contributed by atoms with van der Waals surface area (Å²) in [6, 6.07) is 10.2. The Morgan fingerprint density at radius 1 is 1.23 bits per heavy atom. The van der Waals surface area contributed by atoms with Crippen LogP contribution in [0.3, 0.4) is 0 Å². The van der Waals surface area contributed by atoms with Crippen molar-refractivity contribution in [3.63, 3.8) is 0 Å². The molecule has 3 aromatic rings. The number of nitrogens with zero attached hydrogens (tertiary/aromatic N) is 3. The van der Waals surface area contributed by atoms with Gasteiger partial charge in [-0.25, -0.2) is 12.8 Å². The quantitative estimate of drug-likeness (QED) is 0.591. The Labute approximate surface area is 182 Å². The van der Waals surface area contributed by atoms with Crippen LogP contribution in [0.2, 0.25) is 5.02 Å². The molecule has 1 aliphatic heterocycles. The summed E-state index contributed by atoms with van der Waals surface area (Å²) in [6.45, 7) is 0.376. The minimum Gasteiger partial charge on any atom is -0.319 e. The van der Waals surface area contributed by atoms with Crippen molar-refractivity contribution >= 4 is 49.1 Å². The number of thiazole rings is 1. The predicted octanol–water partition coefficient (Wildman–Crippen LogP) is 3.56. The molecule has 0 N–H and O–H groups in total. The fourth-order valence-electron chi connectivity index (χ4n) is 3.52. The highest BCUT2D eigenvalue weighted by Crippen LogP contribution is 2.25. The Balaban J connectivity index is 1.59. The van der Waals surface area contributed by atoms with Crippen LogP contribution in [0.4, 0.5) is 4.39 Å². The van der Waals surface area contributed by atoms with Crippen LogP contribution in [0.5, 0.6) is 0 Å². The first-order valence-electron chi connectivity index (χ1n) is 9.35. The standard InChI is InChI=1S/C20H19ClFN3O3S2/c1-24-17-9-4-14(21)11-18(17)29-20(24)23-19(26)13-3-2-10-25(12-13)30(27,28)16-7-5-15(22)6-8-16/h4-9,11,13H,2-3,10,12H2,1H3. The van der Waals surface area contributed by atoms with Crippen LogP contribution >= 0.6 is 22.9 Å². The molecule has 1 unspecified atom stereocenters. The maximum Gasteiger partial charge on any atom is 0.252 e. The van der Waals surface area contributed by atoms with Gasteiger partial charge in [0.1, 0.15) is 5.82 Å². The Morgan fingerprint density at radius 2 is 1.97 bits per heavy atom. The molecular weight excluding hydrogens is 449 g/mol. The second-order valence-electron chi connectivity index (χ2n) is 7.16. The lowest BCUT2D eigenvalue weighted by atomic mass is 9.99. The number of halogens is 2. The summed E-state index contributed by atoms with van der Waals surface area (Å²) in [4.78, 5) is 17.7. The molecule has 1 saturated heterocycles. The maximum absolute atomic E-state index is 13.1. The summed E-state index contributed by atoms with van der Waals surface area (Å²) in [5.41, 5.74) is 0.917. The van der Waals surface area contributed by atoms with E-state index in [9.17, 15) is 17.6 Å². The van der Waals surface area contributed by atoms with Gasteiger partial charge >= 0.3 is 0 Å². The Kier molecular flexibility index (Phi) is 5.80. The van der Waals surface area contributed by atoms with Gasteiger partial charge in [0.2, 0.25) is 10.0 Å². The highest BCUT2D eigenvalue weighted by Gasteiger charge is 2.33. The average molecular weight is 468 g/mol. The SMILES string of the molecule is Cn1c(=NC(=O)C2CCCN(S(=O)(=O)c3ccc(F)cc3)C2)sc2cc(Cl)ccc21. The van der Waals surface area contributed by atoms with Crippen LogP contribution in [0.1, 0.15) is 12.8 Å². The molecule has 0 saturated carbocycles. The van der Waals surface area contributed by atoms with Gasteiger partial charge in [-0.3, -0.25) is 4.79 Å². The smallest absolute Gasteiger partial charge is 0.252 e. The van der Waals surface area contributed by atoms with Gasteiger partial charge in [-0.15, -0.1) is 0 Å². The van der Waals surface area contributed by atoms with Crippen molar-refractivity contribution in [2.45, 2.75) is 17.7 Å². The van der Waals surface area contributed by atoms with E-state index in [0.29, 0.717) is 29.2 Å². The molecule has 1 fully saturated rings. The van der Waals surface area contributed by atoms with Crippen molar-refractivity contribution in [2.75, 3.05) is 13.1 Å². The fourth-order valence-corrected chi connectivity index (χ4v) is 6.34. The summed E-state index contributed by atoms with van der Waals surface area (Å²) in [7, 11) is -1.97. The van der Waals surface area contributed by atoms with E-state index in [-0.39, 0.29) is 17.3 Å². The van der Waals surface area contributed by atoms with Gasteiger partial charge in [-0.2, -0.15) is 9.30 Å². The molecule has 6 nitrogen and oxygen atoms in total. The van der Waals surface area contributed by atoms with Crippen LogP contribution in [-0.2, 0) is 21.9 Å². The Bertz CT molecular complexity index is 1280. The highest BCUT2D eigenvalue weighted by atomic mass is 35.5. The zero-order valence-corrected chi connectivity index (χ0v) is 18.5. The number of benzene rings is 2. The van der Waals surface area contributed by atoms with E-state index >= 15 is 0 Å². The zero-order chi connectivity index (χ0) is 21.5. The van der Waals surface area contributed by atoms with Crippen molar-refractivity contribution in [2.24, 2.45) is 18.0 Å². The van der Waals surface area contributed by atoms with E-state index in [1.807, 2.05) is 23.7 Å². The largest absolute Gasteiger partial charge is 0.319 e. The number of piperidine rings is 1. The van der Waals surface area contributed by atoms with E-state index in [1.165, 1.54) is 27.8 Å². The van der Waals surface area contributed by atoms with Gasteiger partial charge < -0.3 is 4.57 Å². The first-order chi connectivity index (χ1) is 14.3. The normalized spacial score (nSPS) is 18.8. The topological polar surface area (TPSA) is 71.7 Å². The van der Waals surface area contributed by atoms with Gasteiger partial charge in [0.15, 0.2) is 4.80 Å². The summed E-state index contributed by atoms with van der Waals surface area (Å²) >= 11 is 7.40. The molecule has 1 aliphatic rings. The number of carbonyl (C=O) groups is 1. The van der Waals surface area contributed by atoms with Crippen LogP contribution < -0.4 is 4.80 Å². The number of rotatable bonds is 3. The molecule has 0 bridgehead atoms. The molecule has 10 heteroatoms. The molecule has 2 heterocycles. The van der Waals surface area contributed by atoms with Crippen LogP contribution in [0, 0.1) is 11.7 Å². The van der Waals surface area contributed by atoms with Crippen molar-refractivity contribution in [3.05, 3.63) is 58.1 Å². The number of hydrogen-bond acceptors (Lipinski definition) is 4. The number of carbonyl (C=O) groups excluding carboxylic acids is 1. The molecule has 1 atom stereocenters. The fraction of sp³-hybridized carbons (Fsp3) is 0.300. The molecular formula is C20H19ClFN3O3S2. The van der Waals surface area contributed by atoms with Gasteiger partial charge in [0.05, 0.1) is 21.0 Å². The third-order valence-electron chi connectivity index (χ3n) is 5.16. The molecule has 1 amide bonds. The zero-order valence-electron chi connectivity index (χ0n) is 16.1. The Hall–Kier alpha value is -2.07. The van der Waals surface area contributed by atoms with Gasteiger partial charge in [-0.1, -0.05) is 22.9 Å². The van der Waals surface area contributed by atoms with Gasteiger partial charge in [-0.05, 0) is 55.3 Å². The average Bonchev–Trinajstić information content (AvgIpc) is 3.03. The van der Waals surface area contributed by atoms with Crippen molar-refractivity contribution < 1.29 is 17.6 Å². The highest BCUT2D eigenvalue weighted by molar-refractivity contribution is 7.89. The van der Waals surface area contributed by atoms with Crippen LogP contribution in [-0.4, -0.2) is 36.3 Å². The maximum atomic E-state index is 13.1. The summed E-state index contributed by atoms with van der Waals surface area (Å²) in [5, 5.41) is 0.608. The molecule has 4 rings (SSSR count). The van der Waals surface area contributed by atoms with Crippen LogP contribution in [0.25, 0.3) is 10.2 Å². The van der Waals surface area contributed by atoms with Crippen molar-refractivity contribution in [3.8, 4) is 0 Å². The third kappa shape index (κ3) is 4.07. The number of fused-ring (bicyclic) bond motifs is 1. The molecule has 0 radical (unpaired) electrons. The number of amides is 1.